The quantitative estimate of drug-likeness (QED) is 0.141. The molecule has 0 fully saturated rings. The van der Waals surface area contributed by atoms with Crippen LogP contribution in [0.4, 0.5) is 0 Å². The topological polar surface area (TPSA) is 18.5 Å². The van der Waals surface area contributed by atoms with Crippen molar-refractivity contribution in [2.45, 2.75) is 117 Å². The van der Waals surface area contributed by atoms with Gasteiger partial charge in [0.25, 0.3) is 0 Å². The monoisotopic (exact) mass is 762 g/mol. The second kappa shape index (κ2) is 28.7. The molecule has 0 aliphatic rings. The summed E-state index contributed by atoms with van der Waals surface area (Å²) in [5, 5.41) is 0. The Kier molecular flexibility index (Phi) is 31.4. The van der Waals surface area contributed by atoms with Crippen LogP contribution in [0.25, 0.3) is 0 Å². The van der Waals surface area contributed by atoms with Crippen LogP contribution >= 0.6 is 34.1 Å². The van der Waals surface area contributed by atoms with Gasteiger partial charge >= 0.3 is 75.7 Å². The van der Waals surface area contributed by atoms with Crippen LogP contribution in [-0.2, 0) is 64.0 Å². The van der Waals surface area contributed by atoms with E-state index in [0.717, 1.165) is 13.2 Å². The molecule has 2 rings (SSSR count). The van der Waals surface area contributed by atoms with Crippen LogP contribution in [0.1, 0.15) is 104 Å². The molecule has 0 aliphatic carbocycles. The van der Waals surface area contributed by atoms with Crippen molar-refractivity contribution in [2.24, 2.45) is 0 Å². The Morgan fingerprint density at radius 3 is 1.16 bits per heavy atom. The fourth-order valence-corrected chi connectivity index (χ4v) is 3.49. The fourth-order valence-electron chi connectivity index (χ4n) is 3.49. The summed E-state index contributed by atoms with van der Waals surface area (Å²) in [6, 6.07) is 17.3. The summed E-state index contributed by atoms with van der Waals surface area (Å²) in [4.78, 5) is 0. The molecule has 0 aliphatic heterocycles. The minimum atomic E-state index is -0.826. The average Bonchev–Trinajstić information content (AvgIpc) is 3.52. The fraction of sp³-hybridized carbons (Fsp3) is 0.667. The molecule has 220 valence electrons. The van der Waals surface area contributed by atoms with E-state index >= 15 is 0 Å². The normalized spacial score (nSPS) is 10.8. The van der Waals surface area contributed by atoms with E-state index in [1.54, 1.807) is 0 Å². The van der Waals surface area contributed by atoms with Gasteiger partial charge in [-0.2, -0.15) is 47.5 Å². The van der Waals surface area contributed by atoms with Gasteiger partial charge in [-0.05, 0) is 54.4 Å². The van der Waals surface area contributed by atoms with Gasteiger partial charge in [-0.3, -0.25) is 0 Å². The molecule has 0 saturated carbocycles. The Balaban J connectivity index is 0. The first kappa shape index (κ1) is 41.7. The third kappa shape index (κ3) is 35.6. The van der Waals surface area contributed by atoms with Crippen molar-refractivity contribution in [1.29, 1.82) is 0 Å². The number of hydrogen-bond donors (Lipinski definition) is 0. The number of hydrogen-bond acceptors (Lipinski definition) is 2. The predicted molar refractivity (Wildman–Crippen MR) is 163 cm³/mol. The van der Waals surface area contributed by atoms with Crippen LogP contribution in [0.15, 0.2) is 48.5 Å². The van der Waals surface area contributed by atoms with Crippen molar-refractivity contribution in [3.05, 3.63) is 59.7 Å². The molecule has 0 unspecified atom stereocenters. The second-order valence-corrected chi connectivity index (χ2v) is 18.4. The molecule has 2 nitrogen and oxygen atoms in total. The first-order valence-corrected chi connectivity index (χ1v) is 26.3. The van der Waals surface area contributed by atoms with E-state index in [0.29, 0.717) is 0 Å². The third-order valence-electron chi connectivity index (χ3n) is 5.25. The first-order chi connectivity index (χ1) is 18.0. The summed E-state index contributed by atoms with van der Waals surface area (Å²) in [6.07, 6.45) is 12.7. The molecular formula is C30H50Cl4O2Zr2-2. The summed E-state index contributed by atoms with van der Waals surface area (Å²) < 4.78 is 11.4. The van der Waals surface area contributed by atoms with Gasteiger partial charge in [0.15, 0.2) is 0 Å². The SMILES string of the molecule is CC(C)(C)OCCCCCCc1cc[cH-]c1.CC(C)(C)OCCCCCCc1cc[cH-]c1.[Cl][Zr][Cl].[Cl][Zr][Cl]. The van der Waals surface area contributed by atoms with Crippen LogP contribution in [0, 0.1) is 0 Å². The van der Waals surface area contributed by atoms with Gasteiger partial charge in [0.05, 0.1) is 11.2 Å². The van der Waals surface area contributed by atoms with E-state index in [1.807, 2.05) is 0 Å². The zero-order valence-corrected chi connectivity index (χ0v) is 32.4. The van der Waals surface area contributed by atoms with Crippen LogP contribution in [-0.4, -0.2) is 24.4 Å². The average molecular weight is 767 g/mol. The summed E-state index contributed by atoms with van der Waals surface area (Å²) in [5.41, 5.74) is 3.00. The Hall–Kier alpha value is 1.55. The first-order valence-electron chi connectivity index (χ1n) is 13.6. The van der Waals surface area contributed by atoms with Crippen LogP contribution < -0.4 is 0 Å². The summed E-state index contributed by atoms with van der Waals surface area (Å²) in [7, 11) is 19.7. The van der Waals surface area contributed by atoms with Crippen molar-refractivity contribution in [2.75, 3.05) is 13.2 Å². The number of rotatable bonds is 14. The van der Waals surface area contributed by atoms with Gasteiger partial charge < -0.3 is 9.47 Å². The van der Waals surface area contributed by atoms with Crippen molar-refractivity contribution >= 4 is 34.1 Å². The van der Waals surface area contributed by atoms with E-state index in [2.05, 4.69) is 90.1 Å². The molecule has 0 radical (unpaired) electrons. The molecule has 2 aromatic rings. The molecule has 0 heterocycles. The van der Waals surface area contributed by atoms with Crippen molar-refractivity contribution in [3.63, 3.8) is 0 Å². The van der Waals surface area contributed by atoms with Gasteiger partial charge in [-0.15, -0.1) is 0 Å². The summed E-state index contributed by atoms with van der Waals surface area (Å²) in [5.74, 6) is 0. The predicted octanol–water partition coefficient (Wildman–Crippen LogP) is 11.4. The molecule has 8 heteroatoms. The van der Waals surface area contributed by atoms with Crippen LogP contribution in [0.5, 0.6) is 0 Å². The minimum absolute atomic E-state index is 0.0231. The maximum absolute atomic E-state index is 5.68. The summed E-state index contributed by atoms with van der Waals surface area (Å²) >= 11 is -1.65. The van der Waals surface area contributed by atoms with Gasteiger partial charge in [0.2, 0.25) is 0 Å². The molecule has 0 N–H and O–H groups in total. The Morgan fingerprint density at radius 1 is 0.579 bits per heavy atom. The van der Waals surface area contributed by atoms with Gasteiger partial charge in [-0.1, -0.05) is 51.4 Å². The maximum atomic E-state index is 5.68. The molecule has 0 amide bonds. The zero-order valence-electron chi connectivity index (χ0n) is 24.4. The molecule has 2 aromatic carbocycles. The molecular weight excluding hydrogens is 717 g/mol. The summed E-state index contributed by atoms with van der Waals surface area (Å²) in [6.45, 7) is 14.5. The van der Waals surface area contributed by atoms with Crippen molar-refractivity contribution < 1.29 is 51.2 Å². The van der Waals surface area contributed by atoms with Crippen molar-refractivity contribution in [1.82, 2.24) is 0 Å². The second-order valence-electron chi connectivity index (χ2n) is 11.0. The van der Waals surface area contributed by atoms with E-state index in [-0.39, 0.29) is 11.2 Å². The zero-order chi connectivity index (χ0) is 29.1. The number of unbranched alkanes of at least 4 members (excludes halogenated alkanes) is 6. The van der Waals surface area contributed by atoms with Gasteiger partial charge in [0, 0.05) is 13.2 Å². The van der Waals surface area contributed by atoms with E-state index in [4.69, 9.17) is 43.5 Å². The van der Waals surface area contributed by atoms with E-state index in [1.165, 1.54) is 75.3 Å². The Morgan fingerprint density at radius 2 is 0.895 bits per heavy atom. The molecule has 0 spiro atoms. The Labute approximate surface area is 272 Å². The number of halogens is 4. The standard InChI is InChI=1S/2C15H25O.4ClH.2Zr/c2*1-15(2,3)16-13-9-5-4-6-10-14-11-7-8-12-14;;;;;;/h2*7-8,11-12H,4-6,9-10,13H2,1-3H3;4*1H;;/q2*-1;;;;;2*+2/p-4. The van der Waals surface area contributed by atoms with Gasteiger partial charge in [-0.25, -0.2) is 12.1 Å². The molecule has 0 aromatic heterocycles. The molecule has 38 heavy (non-hydrogen) atoms. The van der Waals surface area contributed by atoms with Crippen molar-refractivity contribution in [3.8, 4) is 0 Å². The Bertz CT molecular complexity index is 622. The van der Waals surface area contributed by atoms with Crippen LogP contribution in [0.2, 0.25) is 0 Å². The number of aryl methyl sites for hydroxylation is 2. The molecule has 0 bridgehead atoms. The number of ether oxygens (including phenoxy) is 2. The van der Waals surface area contributed by atoms with Crippen LogP contribution in [0.3, 0.4) is 0 Å². The third-order valence-corrected chi connectivity index (χ3v) is 5.25. The van der Waals surface area contributed by atoms with E-state index in [9.17, 15) is 0 Å². The van der Waals surface area contributed by atoms with Gasteiger partial charge in [0.1, 0.15) is 0 Å². The molecule has 0 saturated heterocycles. The van der Waals surface area contributed by atoms with E-state index < -0.39 is 41.7 Å². The molecule has 0 atom stereocenters.